The van der Waals surface area contributed by atoms with Gasteiger partial charge in [0, 0.05) is 18.4 Å². The second kappa shape index (κ2) is 9.34. The molecule has 2 aromatic carbocycles. The number of aromatic nitrogens is 1. The Hall–Kier alpha value is -3.18. The molecule has 3 aromatic rings. The third kappa shape index (κ3) is 5.42. The zero-order chi connectivity index (χ0) is 20.8. The number of hydrogen-bond acceptors (Lipinski definition) is 4. The molecule has 0 fully saturated rings. The summed E-state index contributed by atoms with van der Waals surface area (Å²) in [5.41, 5.74) is 3.84. The normalized spacial score (nSPS) is 11.7. The summed E-state index contributed by atoms with van der Waals surface area (Å²) in [5.74, 6) is 1.19. The third-order valence-corrected chi connectivity index (χ3v) is 4.53. The van der Waals surface area contributed by atoms with E-state index in [2.05, 4.69) is 10.3 Å². The summed E-state index contributed by atoms with van der Waals surface area (Å²) >= 11 is 0. The lowest BCUT2D eigenvalue weighted by atomic mass is 10.1. The SMILES string of the molecule is CCOC(C)c1ccc(C(=O)Nc2cccc(Oc3ccc(C)cc3)c2)c(C)n1. The molecule has 0 aliphatic rings. The molecule has 1 atom stereocenters. The molecule has 1 N–H and O–H groups in total. The van der Waals surface area contributed by atoms with Crippen LogP contribution in [0.4, 0.5) is 5.69 Å². The van der Waals surface area contributed by atoms with Gasteiger partial charge in [-0.05, 0) is 64.1 Å². The van der Waals surface area contributed by atoms with E-state index in [-0.39, 0.29) is 12.0 Å². The Bertz CT molecular complexity index is 984. The number of amides is 1. The smallest absolute Gasteiger partial charge is 0.257 e. The molecule has 29 heavy (non-hydrogen) atoms. The minimum atomic E-state index is -0.210. The van der Waals surface area contributed by atoms with Crippen molar-refractivity contribution in [1.29, 1.82) is 0 Å². The van der Waals surface area contributed by atoms with Gasteiger partial charge in [-0.15, -0.1) is 0 Å². The van der Waals surface area contributed by atoms with Crippen molar-refractivity contribution in [3.63, 3.8) is 0 Å². The Labute approximate surface area is 171 Å². The van der Waals surface area contributed by atoms with E-state index in [1.165, 1.54) is 5.56 Å². The standard InChI is InChI=1S/C24H26N2O3/c1-5-28-18(4)23-14-13-22(17(3)25-23)24(27)26-19-7-6-8-21(15-19)29-20-11-9-16(2)10-12-20/h6-15,18H,5H2,1-4H3,(H,26,27). The fourth-order valence-electron chi connectivity index (χ4n) is 2.96. The summed E-state index contributed by atoms with van der Waals surface area (Å²) in [4.78, 5) is 17.3. The van der Waals surface area contributed by atoms with Crippen LogP contribution in [-0.2, 0) is 4.74 Å². The van der Waals surface area contributed by atoms with Gasteiger partial charge in [0.2, 0.25) is 0 Å². The van der Waals surface area contributed by atoms with Crippen LogP contribution >= 0.6 is 0 Å². The van der Waals surface area contributed by atoms with Gasteiger partial charge >= 0.3 is 0 Å². The van der Waals surface area contributed by atoms with Crippen LogP contribution in [0.15, 0.2) is 60.7 Å². The molecule has 1 unspecified atom stereocenters. The lowest BCUT2D eigenvalue weighted by Gasteiger charge is -2.14. The van der Waals surface area contributed by atoms with Crippen molar-refractivity contribution in [3.05, 3.63) is 83.2 Å². The van der Waals surface area contributed by atoms with E-state index in [1.807, 2.05) is 76.2 Å². The number of rotatable bonds is 7. The topological polar surface area (TPSA) is 60.5 Å². The maximum absolute atomic E-state index is 12.7. The number of nitrogens with one attached hydrogen (secondary N) is 1. The van der Waals surface area contributed by atoms with Crippen molar-refractivity contribution >= 4 is 11.6 Å². The third-order valence-electron chi connectivity index (χ3n) is 4.53. The molecule has 0 aliphatic carbocycles. The minimum absolute atomic E-state index is 0.105. The molecule has 0 saturated carbocycles. The van der Waals surface area contributed by atoms with Gasteiger partial charge in [0.15, 0.2) is 0 Å². The Kier molecular flexibility index (Phi) is 6.62. The quantitative estimate of drug-likeness (QED) is 0.550. The number of benzene rings is 2. The first kappa shape index (κ1) is 20.6. The zero-order valence-electron chi connectivity index (χ0n) is 17.2. The van der Waals surface area contributed by atoms with Crippen molar-refractivity contribution in [3.8, 4) is 11.5 Å². The summed E-state index contributed by atoms with van der Waals surface area (Å²) in [6, 6.07) is 18.8. The fourth-order valence-corrected chi connectivity index (χ4v) is 2.96. The number of aryl methyl sites for hydroxylation is 2. The van der Waals surface area contributed by atoms with Gasteiger partial charge in [0.25, 0.3) is 5.91 Å². The summed E-state index contributed by atoms with van der Waals surface area (Å²) in [5, 5.41) is 2.92. The average Bonchev–Trinajstić information content (AvgIpc) is 2.70. The summed E-state index contributed by atoms with van der Waals surface area (Å²) < 4.78 is 11.4. The largest absolute Gasteiger partial charge is 0.457 e. The number of hydrogen-bond donors (Lipinski definition) is 1. The Balaban J connectivity index is 1.71. The van der Waals surface area contributed by atoms with E-state index in [0.29, 0.717) is 29.3 Å². The van der Waals surface area contributed by atoms with Gasteiger partial charge in [0.1, 0.15) is 11.5 Å². The lowest BCUT2D eigenvalue weighted by Crippen LogP contribution is -2.15. The highest BCUT2D eigenvalue weighted by molar-refractivity contribution is 6.05. The molecule has 0 bridgehead atoms. The predicted octanol–water partition coefficient (Wildman–Crippen LogP) is 5.84. The van der Waals surface area contributed by atoms with Crippen molar-refractivity contribution in [2.75, 3.05) is 11.9 Å². The van der Waals surface area contributed by atoms with Crippen molar-refractivity contribution in [2.24, 2.45) is 0 Å². The molecule has 0 spiro atoms. The highest BCUT2D eigenvalue weighted by Gasteiger charge is 2.14. The number of carbonyl (C=O) groups is 1. The first-order valence-electron chi connectivity index (χ1n) is 9.71. The highest BCUT2D eigenvalue weighted by Crippen LogP contribution is 2.25. The van der Waals surface area contributed by atoms with Crippen LogP contribution in [0.25, 0.3) is 0 Å². The number of nitrogens with zero attached hydrogens (tertiary/aromatic N) is 1. The van der Waals surface area contributed by atoms with Crippen molar-refractivity contribution in [1.82, 2.24) is 4.98 Å². The highest BCUT2D eigenvalue weighted by atomic mass is 16.5. The molecule has 0 saturated heterocycles. The zero-order valence-corrected chi connectivity index (χ0v) is 17.2. The monoisotopic (exact) mass is 390 g/mol. The first-order valence-corrected chi connectivity index (χ1v) is 9.71. The van der Waals surface area contributed by atoms with E-state index in [9.17, 15) is 4.79 Å². The molecular formula is C24H26N2O3. The minimum Gasteiger partial charge on any atom is -0.457 e. The maximum Gasteiger partial charge on any atom is 0.257 e. The summed E-state index contributed by atoms with van der Waals surface area (Å²) in [7, 11) is 0. The molecule has 150 valence electrons. The number of anilines is 1. The van der Waals surface area contributed by atoms with Crippen molar-refractivity contribution < 1.29 is 14.3 Å². The molecule has 3 rings (SSSR count). The van der Waals surface area contributed by atoms with Crippen LogP contribution < -0.4 is 10.1 Å². The van der Waals surface area contributed by atoms with Gasteiger partial charge in [-0.3, -0.25) is 9.78 Å². The Morgan fingerprint density at radius 2 is 1.79 bits per heavy atom. The average molecular weight is 390 g/mol. The van der Waals surface area contributed by atoms with E-state index in [0.717, 1.165) is 11.4 Å². The van der Waals surface area contributed by atoms with Gasteiger partial charge < -0.3 is 14.8 Å². The lowest BCUT2D eigenvalue weighted by molar-refractivity contribution is 0.0732. The maximum atomic E-state index is 12.7. The molecule has 0 radical (unpaired) electrons. The van der Waals surface area contributed by atoms with Crippen LogP contribution in [0, 0.1) is 13.8 Å². The van der Waals surface area contributed by atoms with Crippen LogP contribution in [0.5, 0.6) is 11.5 Å². The second-order valence-electron chi connectivity index (χ2n) is 6.86. The molecule has 5 heteroatoms. The van der Waals surface area contributed by atoms with E-state index >= 15 is 0 Å². The van der Waals surface area contributed by atoms with Crippen LogP contribution in [-0.4, -0.2) is 17.5 Å². The van der Waals surface area contributed by atoms with Crippen LogP contribution in [0.2, 0.25) is 0 Å². The first-order chi connectivity index (χ1) is 14.0. The summed E-state index contributed by atoms with van der Waals surface area (Å²) in [6.07, 6.45) is -0.105. The summed E-state index contributed by atoms with van der Waals surface area (Å²) in [6.45, 7) is 8.37. The van der Waals surface area contributed by atoms with Gasteiger partial charge in [-0.2, -0.15) is 0 Å². The molecule has 1 amide bonds. The molecule has 1 heterocycles. The van der Waals surface area contributed by atoms with Gasteiger partial charge in [0.05, 0.1) is 23.1 Å². The van der Waals surface area contributed by atoms with Crippen LogP contribution in [0.1, 0.15) is 47.3 Å². The fraction of sp³-hybridized carbons (Fsp3) is 0.250. The van der Waals surface area contributed by atoms with Crippen molar-refractivity contribution in [2.45, 2.75) is 33.8 Å². The molecule has 5 nitrogen and oxygen atoms in total. The Morgan fingerprint density at radius 1 is 1.03 bits per heavy atom. The van der Waals surface area contributed by atoms with E-state index in [1.54, 1.807) is 12.1 Å². The van der Waals surface area contributed by atoms with E-state index < -0.39 is 0 Å². The Morgan fingerprint density at radius 3 is 2.48 bits per heavy atom. The molecular weight excluding hydrogens is 364 g/mol. The van der Waals surface area contributed by atoms with Gasteiger partial charge in [-0.1, -0.05) is 23.8 Å². The number of pyridine rings is 1. The van der Waals surface area contributed by atoms with Gasteiger partial charge in [-0.25, -0.2) is 0 Å². The van der Waals surface area contributed by atoms with E-state index in [4.69, 9.17) is 9.47 Å². The number of carbonyl (C=O) groups excluding carboxylic acids is 1. The second-order valence-corrected chi connectivity index (χ2v) is 6.86. The molecule has 0 aliphatic heterocycles. The van der Waals surface area contributed by atoms with Crippen LogP contribution in [0.3, 0.4) is 0 Å². The predicted molar refractivity (Wildman–Crippen MR) is 115 cm³/mol. The number of ether oxygens (including phenoxy) is 2. The molecule has 1 aromatic heterocycles.